The number of amides is 2. The number of hydrazone groups is 2. The van der Waals surface area contributed by atoms with Crippen molar-refractivity contribution >= 4 is 29.0 Å². The third-order valence-electron chi connectivity index (χ3n) is 3.95. The molecule has 0 radical (unpaired) electrons. The lowest BCUT2D eigenvalue weighted by Crippen LogP contribution is -2.45. The number of benzene rings is 2. The molecule has 0 aliphatic carbocycles. The molecule has 2 aliphatic heterocycles. The fraction of sp³-hybridized carbons (Fsp3) is 0.111. The Bertz CT molecular complexity index is 931. The summed E-state index contributed by atoms with van der Waals surface area (Å²) in [5, 5.41) is 13.1. The van der Waals surface area contributed by atoms with Gasteiger partial charge in [-0.3, -0.25) is 9.59 Å². The van der Waals surface area contributed by atoms with E-state index >= 15 is 0 Å². The molecule has 0 bridgehead atoms. The van der Waals surface area contributed by atoms with Gasteiger partial charge in [0.1, 0.15) is 6.54 Å². The first kappa shape index (κ1) is 15.1. The molecule has 4 rings (SSSR count). The van der Waals surface area contributed by atoms with Crippen LogP contribution in [0.2, 0.25) is 0 Å². The molecule has 2 aromatic carbocycles. The minimum absolute atomic E-state index is 0.117. The van der Waals surface area contributed by atoms with Gasteiger partial charge in [-0.15, -0.1) is 0 Å². The summed E-state index contributed by atoms with van der Waals surface area (Å²) in [6, 6.07) is 15.3. The maximum Gasteiger partial charge on any atom is 0.261 e. The molecule has 2 heterocycles. The molecule has 2 aromatic rings. The summed E-state index contributed by atoms with van der Waals surface area (Å²) in [7, 11) is 0. The van der Waals surface area contributed by atoms with Crippen molar-refractivity contribution in [2.24, 2.45) is 10.2 Å². The van der Waals surface area contributed by atoms with Crippen LogP contribution in [0.15, 0.2) is 58.7 Å². The van der Waals surface area contributed by atoms with Gasteiger partial charge in [-0.1, -0.05) is 36.4 Å². The van der Waals surface area contributed by atoms with Gasteiger partial charge < -0.3 is 5.32 Å². The first-order chi connectivity index (χ1) is 12.1. The highest BCUT2D eigenvalue weighted by atomic mass is 16.2. The number of hydrogen-bond acceptors (Lipinski definition) is 5. The lowest BCUT2D eigenvalue weighted by atomic mass is 9.95. The van der Waals surface area contributed by atoms with E-state index in [0.29, 0.717) is 5.84 Å². The summed E-state index contributed by atoms with van der Waals surface area (Å²) >= 11 is 0. The van der Waals surface area contributed by atoms with Gasteiger partial charge in [-0.2, -0.15) is 10.2 Å². The summed E-state index contributed by atoms with van der Waals surface area (Å²) < 4.78 is 0. The zero-order chi connectivity index (χ0) is 17.4. The van der Waals surface area contributed by atoms with Crippen LogP contribution in [0, 0.1) is 0 Å². The highest BCUT2D eigenvalue weighted by Gasteiger charge is 2.29. The van der Waals surface area contributed by atoms with Gasteiger partial charge in [0.25, 0.3) is 5.91 Å². The monoisotopic (exact) mass is 333 g/mol. The van der Waals surface area contributed by atoms with Crippen molar-refractivity contribution in [3.05, 3.63) is 65.2 Å². The predicted molar refractivity (Wildman–Crippen MR) is 94.2 cm³/mol. The van der Waals surface area contributed by atoms with Crippen molar-refractivity contribution in [2.75, 3.05) is 11.9 Å². The molecule has 0 unspecified atom stereocenters. The number of nitrogens with zero attached hydrogens (tertiary/aromatic N) is 3. The van der Waals surface area contributed by atoms with E-state index in [9.17, 15) is 9.59 Å². The van der Waals surface area contributed by atoms with E-state index in [1.165, 1.54) is 6.92 Å². The lowest BCUT2D eigenvalue weighted by molar-refractivity contribution is -0.122. The van der Waals surface area contributed by atoms with Crippen LogP contribution in [0.25, 0.3) is 0 Å². The zero-order valence-corrected chi connectivity index (χ0v) is 13.5. The molecule has 0 spiro atoms. The Labute approximate surface area is 144 Å². The van der Waals surface area contributed by atoms with Crippen molar-refractivity contribution in [1.29, 1.82) is 0 Å². The van der Waals surface area contributed by atoms with Crippen molar-refractivity contribution in [3.63, 3.8) is 0 Å². The van der Waals surface area contributed by atoms with Gasteiger partial charge >= 0.3 is 0 Å². The largest absolute Gasteiger partial charge is 0.326 e. The van der Waals surface area contributed by atoms with E-state index in [0.717, 1.165) is 28.1 Å². The number of amidine groups is 1. The first-order valence-corrected chi connectivity index (χ1v) is 7.82. The molecular weight excluding hydrogens is 318 g/mol. The van der Waals surface area contributed by atoms with Crippen LogP contribution in [0.1, 0.15) is 23.6 Å². The smallest absolute Gasteiger partial charge is 0.261 e. The predicted octanol–water partition coefficient (Wildman–Crippen LogP) is 1.50. The van der Waals surface area contributed by atoms with Crippen molar-refractivity contribution in [3.8, 4) is 0 Å². The van der Waals surface area contributed by atoms with E-state index in [-0.39, 0.29) is 18.4 Å². The number of nitrogens with one attached hydrogen (secondary N) is 2. The van der Waals surface area contributed by atoms with E-state index in [2.05, 4.69) is 20.9 Å². The molecular formula is C18H15N5O2. The van der Waals surface area contributed by atoms with Crippen LogP contribution >= 0.6 is 0 Å². The molecule has 2 aliphatic rings. The Morgan fingerprint density at radius 1 is 1.12 bits per heavy atom. The highest BCUT2D eigenvalue weighted by molar-refractivity contribution is 6.22. The number of carbonyl (C=O) groups excluding carboxylic acids is 2. The van der Waals surface area contributed by atoms with Crippen LogP contribution in [0.3, 0.4) is 0 Å². The molecule has 0 aromatic heterocycles. The standard InChI is InChI=1S/C18H15N5O2/c1-11(24)19-13-8-6-12(7-9-13)17-14-4-2-3-5-15(14)18-21-20-16(25)10-23(18)22-17/h2-9H,10H2,1H3,(H,19,24)(H,20,25). The van der Waals surface area contributed by atoms with Crippen molar-refractivity contribution in [2.45, 2.75) is 6.92 Å². The summed E-state index contributed by atoms with van der Waals surface area (Å²) in [4.78, 5) is 22.8. The molecule has 124 valence electrons. The molecule has 2 amide bonds. The fourth-order valence-electron chi connectivity index (χ4n) is 2.89. The van der Waals surface area contributed by atoms with E-state index in [1.807, 2.05) is 48.5 Å². The quantitative estimate of drug-likeness (QED) is 0.873. The average Bonchev–Trinajstić information content (AvgIpc) is 2.61. The van der Waals surface area contributed by atoms with Gasteiger partial charge in [-0.25, -0.2) is 10.4 Å². The van der Waals surface area contributed by atoms with E-state index in [1.54, 1.807) is 5.01 Å². The van der Waals surface area contributed by atoms with Gasteiger partial charge in [0, 0.05) is 29.3 Å². The van der Waals surface area contributed by atoms with Gasteiger partial charge in [0.15, 0.2) is 5.84 Å². The summed E-state index contributed by atoms with van der Waals surface area (Å²) in [6.45, 7) is 1.60. The Hall–Kier alpha value is -3.48. The van der Waals surface area contributed by atoms with Gasteiger partial charge in [0.05, 0.1) is 5.71 Å². The molecule has 0 atom stereocenters. The molecule has 7 heteroatoms. The van der Waals surface area contributed by atoms with Crippen LogP contribution < -0.4 is 10.7 Å². The minimum Gasteiger partial charge on any atom is -0.326 e. The summed E-state index contributed by atoms with van der Waals surface area (Å²) in [5.74, 6) is 0.314. The van der Waals surface area contributed by atoms with Crippen molar-refractivity contribution < 1.29 is 9.59 Å². The molecule has 25 heavy (non-hydrogen) atoms. The number of fused-ring (bicyclic) bond motifs is 3. The Kier molecular flexibility index (Phi) is 3.53. The Balaban J connectivity index is 1.78. The summed E-state index contributed by atoms with van der Waals surface area (Å²) in [6.07, 6.45) is 0. The second-order valence-corrected chi connectivity index (χ2v) is 5.78. The third-order valence-corrected chi connectivity index (χ3v) is 3.95. The molecule has 2 N–H and O–H groups in total. The normalized spacial score (nSPS) is 15.4. The first-order valence-electron chi connectivity index (χ1n) is 7.82. The third kappa shape index (κ3) is 2.76. The Morgan fingerprint density at radius 2 is 1.84 bits per heavy atom. The highest BCUT2D eigenvalue weighted by Crippen LogP contribution is 2.25. The molecule has 7 nitrogen and oxygen atoms in total. The number of hydrogen-bond donors (Lipinski definition) is 2. The van der Waals surface area contributed by atoms with Crippen LogP contribution in [-0.2, 0) is 9.59 Å². The average molecular weight is 333 g/mol. The van der Waals surface area contributed by atoms with Gasteiger partial charge in [0.2, 0.25) is 5.91 Å². The summed E-state index contributed by atoms with van der Waals surface area (Å²) in [5.41, 5.74) is 6.74. The fourth-order valence-corrected chi connectivity index (χ4v) is 2.89. The van der Waals surface area contributed by atoms with E-state index < -0.39 is 0 Å². The molecule has 0 fully saturated rings. The zero-order valence-electron chi connectivity index (χ0n) is 13.5. The topological polar surface area (TPSA) is 86.2 Å². The second-order valence-electron chi connectivity index (χ2n) is 5.78. The maximum atomic E-state index is 11.7. The Morgan fingerprint density at radius 3 is 2.56 bits per heavy atom. The minimum atomic E-state index is -0.202. The molecule has 0 saturated heterocycles. The van der Waals surface area contributed by atoms with Crippen LogP contribution in [0.4, 0.5) is 5.69 Å². The van der Waals surface area contributed by atoms with Crippen LogP contribution in [-0.4, -0.2) is 34.9 Å². The van der Waals surface area contributed by atoms with Gasteiger partial charge in [-0.05, 0) is 12.1 Å². The number of rotatable bonds is 2. The number of carbonyl (C=O) groups is 2. The second kappa shape index (κ2) is 5.86. The van der Waals surface area contributed by atoms with E-state index in [4.69, 9.17) is 0 Å². The lowest BCUT2D eigenvalue weighted by Gasteiger charge is -2.30. The maximum absolute atomic E-state index is 11.7. The van der Waals surface area contributed by atoms with Crippen LogP contribution in [0.5, 0.6) is 0 Å². The number of anilines is 1. The SMILES string of the molecule is CC(=O)Nc1ccc(C2=NN3CC(=O)NN=C3c3ccccc32)cc1. The molecule has 0 saturated carbocycles. The van der Waals surface area contributed by atoms with Crippen molar-refractivity contribution in [1.82, 2.24) is 10.4 Å².